The van der Waals surface area contributed by atoms with E-state index in [1.165, 1.54) is 0 Å². The van der Waals surface area contributed by atoms with Gasteiger partial charge in [0.25, 0.3) is 0 Å². The lowest BCUT2D eigenvalue weighted by atomic mass is 9.90. The monoisotopic (exact) mass is 282 g/mol. The van der Waals surface area contributed by atoms with Crippen molar-refractivity contribution in [2.75, 3.05) is 19.6 Å². The van der Waals surface area contributed by atoms with Crippen LogP contribution in [-0.2, 0) is 4.74 Å². The lowest BCUT2D eigenvalue weighted by Crippen LogP contribution is -2.43. The molecule has 0 spiro atoms. The molecule has 1 fully saturated rings. The molecule has 1 amide bonds. The van der Waals surface area contributed by atoms with Gasteiger partial charge in [-0.1, -0.05) is 0 Å². The number of likely N-dealkylation sites (tertiary alicyclic amines) is 1. The summed E-state index contributed by atoms with van der Waals surface area (Å²) in [5, 5.41) is 0. The fourth-order valence-corrected chi connectivity index (χ4v) is 2.54. The highest BCUT2D eigenvalue weighted by atomic mass is 19.1. The van der Waals surface area contributed by atoms with Crippen molar-refractivity contribution in [2.45, 2.75) is 45.6 Å². The summed E-state index contributed by atoms with van der Waals surface area (Å²) in [5.74, 6) is -0.0443. The Bertz CT molecular complexity index is 430. The van der Waals surface area contributed by atoms with Gasteiger partial charge in [-0.25, -0.2) is 9.18 Å². The van der Waals surface area contributed by atoms with E-state index in [0.717, 1.165) is 12.8 Å². The third-order valence-corrected chi connectivity index (χ3v) is 3.51. The van der Waals surface area contributed by atoms with Crippen LogP contribution < -0.4 is 0 Å². The van der Waals surface area contributed by atoms with Crippen LogP contribution in [0.1, 0.15) is 40.0 Å². The lowest BCUT2D eigenvalue weighted by Gasteiger charge is -2.34. The molecular weight excluding hydrogens is 259 g/mol. The highest BCUT2D eigenvalue weighted by molar-refractivity contribution is 6.00. The lowest BCUT2D eigenvalue weighted by molar-refractivity contribution is 0.0201. The van der Waals surface area contributed by atoms with Crippen LogP contribution in [0.4, 0.5) is 9.18 Å². The van der Waals surface area contributed by atoms with E-state index in [1.807, 2.05) is 20.8 Å². The SMILES string of the molecule is CC(C)(C)OC(=O)N1CCC(C2=NCCC=C2F)CC1. The van der Waals surface area contributed by atoms with Crippen LogP contribution in [0, 0.1) is 5.92 Å². The van der Waals surface area contributed by atoms with E-state index in [4.69, 9.17) is 4.74 Å². The summed E-state index contributed by atoms with van der Waals surface area (Å²) < 4.78 is 19.1. The van der Waals surface area contributed by atoms with Gasteiger partial charge in [0.1, 0.15) is 11.4 Å². The fraction of sp³-hybridized carbons (Fsp3) is 0.733. The molecule has 0 aromatic rings. The number of amides is 1. The second kappa shape index (κ2) is 5.94. The molecule has 0 aliphatic carbocycles. The molecule has 0 atom stereocenters. The Labute approximate surface area is 119 Å². The minimum absolute atomic E-state index is 0.130. The van der Waals surface area contributed by atoms with Gasteiger partial charge in [-0.3, -0.25) is 4.99 Å². The van der Waals surface area contributed by atoms with E-state index < -0.39 is 5.60 Å². The van der Waals surface area contributed by atoms with Crippen molar-refractivity contribution in [3.8, 4) is 0 Å². The molecule has 0 radical (unpaired) electrons. The number of carbonyl (C=O) groups excluding carboxylic acids is 1. The Hall–Kier alpha value is -1.39. The van der Waals surface area contributed by atoms with Crippen molar-refractivity contribution in [1.82, 2.24) is 4.90 Å². The maximum Gasteiger partial charge on any atom is 0.410 e. The van der Waals surface area contributed by atoms with Gasteiger partial charge in [0.2, 0.25) is 0 Å². The van der Waals surface area contributed by atoms with Crippen LogP contribution in [0.2, 0.25) is 0 Å². The minimum Gasteiger partial charge on any atom is -0.444 e. The number of piperidine rings is 1. The smallest absolute Gasteiger partial charge is 0.410 e. The average molecular weight is 282 g/mol. The third kappa shape index (κ3) is 3.81. The molecule has 0 aromatic carbocycles. The number of rotatable bonds is 1. The van der Waals surface area contributed by atoms with E-state index in [1.54, 1.807) is 11.0 Å². The number of carbonyl (C=O) groups is 1. The van der Waals surface area contributed by atoms with Crippen molar-refractivity contribution in [3.05, 3.63) is 11.9 Å². The van der Waals surface area contributed by atoms with Crippen molar-refractivity contribution < 1.29 is 13.9 Å². The van der Waals surface area contributed by atoms with Gasteiger partial charge in [0.05, 0.1) is 5.71 Å². The molecule has 0 saturated carbocycles. The average Bonchev–Trinajstić information content (AvgIpc) is 2.37. The molecule has 0 bridgehead atoms. The summed E-state index contributed by atoms with van der Waals surface area (Å²) in [6.07, 6.45) is 3.52. The molecule has 112 valence electrons. The maximum absolute atomic E-state index is 13.7. The Balaban J connectivity index is 1.88. The van der Waals surface area contributed by atoms with E-state index in [2.05, 4.69) is 4.99 Å². The Kier molecular flexibility index (Phi) is 4.45. The first-order valence-corrected chi connectivity index (χ1v) is 7.25. The van der Waals surface area contributed by atoms with Crippen LogP contribution >= 0.6 is 0 Å². The van der Waals surface area contributed by atoms with E-state index in [-0.39, 0.29) is 17.8 Å². The molecule has 20 heavy (non-hydrogen) atoms. The van der Waals surface area contributed by atoms with Crippen molar-refractivity contribution in [1.29, 1.82) is 0 Å². The predicted molar refractivity (Wildman–Crippen MR) is 76.6 cm³/mol. The molecule has 2 aliphatic heterocycles. The molecule has 0 unspecified atom stereocenters. The van der Waals surface area contributed by atoms with Crippen LogP contribution in [0.15, 0.2) is 16.9 Å². The number of hydrogen-bond donors (Lipinski definition) is 0. The molecular formula is C15H23FN2O2. The normalized spacial score (nSPS) is 21.3. The van der Waals surface area contributed by atoms with Crippen LogP contribution in [-0.4, -0.2) is 41.9 Å². The maximum atomic E-state index is 13.7. The van der Waals surface area contributed by atoms with Gasteiger partial charge >= 0.3 is 6.09 Å². The van der Waals surface area contributed by atoms with Gasteiger partial charge in [0.15, 0.2) is 0 Å². The quantitative estimate of drug-likeness (QED) is 0.740. The Morgan fingerprint density at radius 2 is 2.05 bits per heavy atom. The van der Waals surface area contributed by atoms with Gasteiger partial charge in [-0.05, 0) is 46.1 Å². The Morgan fingerprint density at radius 3 is 2.60 bits per heavy atom. The number of aliphatic imine (C=N–C) groups is 1. The molecule has 0 aromatic heterocycles. The van der Waals surface area contributed by atoms with Crippen LogP contribution in [0.25, 0.3) is 0 Å². The highest BCUT2D eigenvalue weighted by Crippen LogP contribution is 2.26. The van der Waals surface area contributed by atoms with E-state index in [0.29, 0.717) is 31.8 Å². The summed E-state index contributed by atoms with van der Waals surface area (Å²) in [7, 11) is 0. The highest BCUT2D eigenvalue weighted by Gasteiger charge is 2.30. The standard InChI is InChI=1S/C15H23FN2O2/c1-15(2,3)20-14(19)18-9-6-11(7-10-18)13-12(16)5-4-8-17-13/h5,11H,4,6-10H2,1-3H3. The zero-order chi connectivity index (χ0) is 14.8. The van der Waals surface area contributed by atoms with E-state index in [9.17, 15) is 9.18 Å². The van der Waals surface area contributed by atoms with Gasteiger partial charge < -0.3 is 9.64 Å². The molecule has 0 N–H and O–H groups in total. The first-order chi connectivity index (χ1) is 9.37. The first-order valence-electron chi connectivity index (χ1n) is 7.25. The number of nitrogens with zero attached hydrogens (tertiary/aromatic N) is 2. The zero-order valence-corrected chi connectivity index (χ0v) is 12.5. The number of dihydropyridines is 1. The van der Waals surface area contributed by atoms with Crippen molar-refractivity contribution in [2.24, 2.45) is 10.9 Å². The summed E-state index contributed by atoms with van der Waals surface area (Å²) in [6.45, 7) is 7.45. The number of ether oxygens (including phenoxy) is 1. The minimum atomic E-state index is -0.476. The second-order valence-corrected chi connectivity index (χ2v) is 6.35. The van der Waals surface area contributed by atoms with Gasteiger partial charge in [0, 0.05) is 25.6 Å². The molecule has 5 heteroatoms. The van der Waals surface area contributed by atoms with Crippen molar-refractivity contribution >= 4 is 11.8 Å². The summed E-state index contributed by atoms with van der Waals surface area (Å²) in [5.41, 5.74) is 0.121. The van der Waals surface area contributed by atoms with Crippen LogP contribution in [0.5, 0.6) is 0 Å². The van der Waals surface area contributed by atoms with Gasteiger partial charge in [-0.2, -0.15) is 0 Å². The molecule has 2 heterocycles. The molecule has 2 rings (SSSR count). The summed E-state index contributed by atoms with van der Waals surface area (Å²) >= 11 is 0. The number of allylic oxidation sites excluding steroid dienone is 1. The number of hydrogen-bond acceptors (Lipinski definition) is 3. The predicted octanol–water partition coefficient (Wildman–Crippen LogP) is 3.33. The zero-order valence-electron chi connectivity index (χ0n) is 12.5. The molecule has 1 saturated heterocycles. The first kappa shape index (κ1) is 15.0. The van der Waals surface area contributed by atoms with Crippen LogP contribution in [0.3, 0.4) is 0 Å². The van der Waals surface area contributed by atoms with Crippen molar-refractivity contribution in [3.63, 3.8) is 0 Å². The third-order valence-electron chi connectivity index (χ3n) is 3.51. The molecule has 4 nitrogen and oxygen atoms in total. The fourth-order valence-electron chi connectivity index (χ4n) is 2.54. The topological polar surface area (TPSA) is 41.9 Å². The number of halogens is 1. The van der Waals surface area contributed by atoms with Gasteiger partial charge in [-0.15, -0.1) is 0 Å². The Morgan fingerprint density at radius 1 is 1.40 bits per heavy atom. The second-order valence-electron chi connectivity index (χ2n) is 6.35. The summed E-state index contributed by atoms with van der Waals surface area (Å²) in [4.78, 5) is 18.0. The summed E-state index contributed by atoms with van der Waals surface area (Å²) in [6, 6.07) is 0. The molecule has 2 aliphatic rings. The largest absolute Gasteiger partial charge is 0.444 e. The van der Waals surface area contributed by atoms with E-state index >= 15 is 0 Å².